The van der Waals surface area contributed by atoms with E-state index in [-0.39, 0.29) is 5.54 Å². The highest BCUT2D eigenvalue weighted by atomic mass is 127. The third-order valence-electron chi connectivity index (χ3n) is 1.58. The van der Waals surface area contributed by atoms with Crippen molar-refractivity contribution in [2.75, 3.05) is 0 Å². The summed E-state index contributed by atoms with van der Waals surface area (Å²) in [4.78, 5) is 11.4. The van der Waals surface area contributed by atoms with Gasteiger partial charge in [0.1, 0.15) is 5.75 Å². The van der Waals surface area contributed by atoms with Crippen molar-refractivity contribution in [3.05, 3.63) is 26.8 Å². The summed E-state index contributed by atoms with van der Waals surface area (Å²) in [5.74, 6) is 0.437. The van der Waals surface area contributed by atoms with E-state index in [4.69, 9.17) is 16.3 Å². The summed E-state index contributed by atoms with van der Waals surface area (Å²) in [6.45, 7) is 5.65. The average Bonchev–Trinajstić information content (AvgIpc) is 2.08. The molecule has 0 spiro atoms. The van der Waals surface area contributed by atoms with Gasteiger partial charge in [-0.25, -0.2) is 4.79 Å². The van der Waals surface area contributed by atoms with Crippen LogP contribution in [0.4, 0.5) is 4.79 Å². The predicted molar refractivity (Wildman–Crippen MR) is 73.1 cm³/mol. The Morgan fingerprint density at radius 3 is 2.56 bits per heavy atom. The van der Waals surface area contributed by atoms with Crippen LogP contribution in [0.25, 0.3) is 0 Å². The van der Waals surface area contributed by atoms with E-state index in [1.165, 1.54) is 0 Å². The Balaban J connectivity index is 2.67. The van der Waals surface area contributed by atoms with Gasteiger partial charge in [-0.1, -0.05) is 11.6 Å². The van der Waals surface area contributed by atoms with Gasteiger partial charge < -0.3 is 10.1 Å². The van der Waals surface area contributed by atoms with E-state index in [2.05, 4.69) is 27.9 Å². The van der Waals surface area contributed by atoms with Gasteiger partial charge in [0.15, 0.2) is 0 Å². The molecule has 0 saturated carbocycles. The first-order chi connectivity index (χ1) is 7.28. The highest BCUT2D eigenvalue weighted by molar-refractivity contribution is 14.1. The minimum atomic E-state index is -0.482. The van der Waals surface area contributed by atoms with Gasteiger partial charge in [-0.15, -0.1) is 0 Å². The number of carbonyl (C=O) groups is 1. The third kappa shape index (κ3) is 4.57. The highest BCUT2D eigenvalue weighted by Crippen LogP contribution is 2.23. The van der Waals surface area contributed by atoms with Gasteiger partial charge in [-0.3, -0.25) is 0 Å². The number of rotatable bonds is 1. The molecule has 5 heteroatoms. The molecule has 0 atom stereocenters. The molecule has 1 amide bonds. The summed E-state index contributed by atoms with van der Waals surface area (Å²) < 4.78 is 6.01. The molecule has 1 rings (SSSR count). The number of halogens is 2. The first kappa shape index (κ1) is 13.6. The van der Waals surface area contributed by atoms with Crippen molar-refractivity contribution in [3.8, 4) is 5.75 Å². The van der Waals surface area contributed by atoms with Crippen LogP contribution in [0, 0.1) is 3.57 Å². The van der Waals surface area contributed by atoms with Gasteiger partial charge in [0.05, 0.1) is 5.02 Å². The number of benzene rings is 1. The smallest absolute Gasteiger partial charge is 0.410 e. The molecule has 1 aromatic rings. The quantitative estimate of drug-likeness (QED) is 0.779. The zero-order chi connectivity index (χ0) is 12.3. The molecule has 0 bridgehead atoms. The second-order valence-corrected chi connectivity index (χ2v) is 5.91. The van der Waals surface area contributed by atoms with Crippen LogP contribution in [-0.4, -0.2) is 11.6 Å². The number of hydrogen-bond donors (Lipinski definition) is 1. The molecule has 0 radical (unpaired) electrons. The van der Waals surface area contributed by atoms with E-state index in [1.54, 1.807) is 18.2 Å². The van der Waals surface area contributed by atoms with E-state index < -0.39 is 6.09 Å². The Morgan fingerprint density at radius 1 is 1.44 bits per heavy atom. The summed E-state index contributed by atoms with van der Waals surface area (Å²) in [7, 11) is 0. The van der Waals surface area contributed by atoms with Crippen molar-refractivity contribution in [2.24, 2.45) is 0 Å². The average molecular weight is 354 g/mol. The molecule has 0 aliphatic rings. The lowest BCUT2D eigenvalue weighted by Crippen LogP contribution is -2.42. The van der Waals surface area contributed by atoms with Crippen molar-refractivity contribution in [3.63, 3.8) is 0 Å². The minimum absolute atomic E-state index is 0.315. The van der Waals surface area contributed by atoms with Crippen LogP contribution in [0.15, 0.2) is 18.2 Å². The first-order valence-corrected chi connectivity index (χ1v) is 6.19. The number of hydrogen-bond acceptors (Lipinski definition) is 2. The molecule has 0 heterocycles. The van der Waals surface area contributed by atoms with Gasteiger partial charge >= 0.3 is 6.09 Å². The molecule has 0 fully saturated rings. The Hall–Kier alpha value is -0.490. The molecular weight excluding hydrogens is 340 g/mol. The zero-order valence-electron chi connectivity index (χ0n) is 9.30. The third-order valence-corrected chi connectivity index (χ3v) is 3.15. The molecule has 0 aliphatic heterocycles. The van der Waals surface area contributed by atoms with Crippen LogP contribution in [-0.2, 0) is 0 Å². The van der Waals surface area contributed by atoms with Crippen LogP contribution in [0.1, 0.15) is 20.8 Å². The van der Waals surface area contributed by atoms with Crippen molar-refractivity contribution in [1.82, 2.24) is 5.32 Å². The van der Waals surface area contributed by atoms with Crippen molar-refractivity contribution in [2.45, 2.75) is 26.3 Å². The molecule has 0 saturated heterocycles. The second kappa shape index (κ2) is 5.23. The Morgan fingerprint density at radius 2 is 2.06 bits per heavy atom. The maximum absolute atomic E-state index is 11.4. The second-order valence-electron chi connectivity index (χ2n) is 4.34. The van der Waals surface area contributed by atoms with Gasteiger partial charge in [-0.05, 0) is 55.5 Å². The predicted octanol–water partition coefficient (Wildman–Crippen LogP) is 3.83. The summed E-state index contributed by atoms with van der Waals surface area (Å²) in [5.41, 5.74) is -0.315. The fourth-order valence-electron chi connectivity index (χ4n) is 0.979. The number of amides is 1. The molecule has 88 valence electrons. The lowest BCUT2D eigenvalue weighted by atomic mass is 10.1. The zero-order valence-corrected chi connectivity index (χ0v) is 12.2. The standard InChI is InChI=1S/C11H13ClINO2/c1-11(2,3)14-10(15)16-7-4-5-9(13)8(12)6-7/h4-6H,1-3H3,(H,14,15). The van der Waals surface area contributed by atoms with Crippen molar-refractivity contribution >= 4 is 40.3 Å². The Labute approximate surface area is 114 Å². The van der Waals surface area contributed by atoms with Gasteiger partial charge in [0, 0.05) is 15.2 Å². The molecule has 0 unspecified atom stereocenters. The highest BCUT2D eigenvalue weighted by Gasteiger charge is 2.15. The van der Waals surface area contributed by atoms with Crippen LogP contribution in [0.3, 0.4) is 0 Å². The number of ether oxygens (including phenoxy) is 1. The summed E-state index contributed by atoms with van der Waals surface area (Å²) in [6.07, 6.45) is -0.482. The monoisotopic (exact) mass is 353 g/mol. The van der Waals surface area contributed by atoms with E-state index in [0.717, 1.165) is 3.57 Å². The molecule has 16 heavy (non-hydrogen) atoms. The topological polar surface area (TPSA) is 38.3 Å². The summed E-state index contributed by atoms with van der Waals surface area (Å²) in [5, 5.41) is 3.27. The normalized spacial score (nSPS) is 11.1. The van der Waals surface area contributed by atoms with Gasteiger partial charge in [0.2, 0.25) is 0 Å². The molecular formula is C11H13ClINO2. The van der Waals surface area contributed by atoms with Crippen LogP contribution in [0.2, 0.25) is 5.02 Å². The largest absolute Gasteiger partial charge is 0.413 e. The summed E-state index contributed by atoms with van der Waals surface area (Å²) >= 11 is 8.02. The Kier molecular flexibility index (Phi) is 4.43. The van der Waals surface area contributed by atoms with Crippen LogP contribution < -0.4 is 10.1 Å². The lowest BCUT2D eigenvalue weighted by molar-refractivity contribution is 0.190. The van der Waals surface area contributed by atoms with E-state index in [1.807, 2.05) is 20.8 Å². The molecule has 3 nitrogen and oxygen atoms in total. The molecule has 1 N–H and O–H groups in total. The molecule has 0 aliphatic carbocycles. The SMILES string of the molecule is CC(C)(C)NC(=O)Oc1ccc(I)c(Cl)c1. The fourth-order valence-corrected chi connectivity index (χ4v) is 1.49. The van der Waals surface area contributed by atoms with E-state index >= 15 is 0 Å². The minimum Gasteiger partial charge on any atom is -0.410 e. The number of nitrogens with one attached hydrogen (secondary N) is 1. The summed E-state index contributed by atoms with van der Waals surface area (Å²) in [6, 6.07) is 5.12. The lowest BCUT2D eigenvalue weighted by Gasteiger charge is -2.19. The van der Waals surface area contributed by atoms with Gasteiger partial charge in [0.25, 0.3) is 0 Å². The Bertz CT molecular complexity index is 401. The van der Waals surface area contributed by atoms with Crippen molar-refractivity contribution < 1.29 is 9.53 Å². The number of carbonyl (C=O) groups excluding carboxylic acids is 1. The maximum atomic E-state index is 11.4. The molecule has 1 aromatic carbocycles. The first-order valence-electron chi connectivity index (χ1n) is 4.73. The van der Waals surface area contributed by atoms with E-state index in [9.17, 15) is 4.79 Å². The fraction of sp³-hybridized carbons (Fsp3) is 0.364. The van der Waals surface area contributed by atoms with Crippen LogP contribution >= 0.6 is 34.2 Å². The van der Waals surface area contributed by atoms with Crippen molar-refractivity contribution in [1.29, 1.82) is 0 Å². The van der Waals surface area contributed by atoms with Crippen LogP contribution in [0.5, 0.6) is 5.75 Å². The molecule has 0 aromatic heterocycles. The maximum Gasteiger partial charge on any atom is 0.413 e. The van der Waals surface area contributed by atoms with E-state index in [0.29, 0.717) is 10.8 Å². The van der Waals surface area contributed by atoms with Gasteiger partial charge in [-0.2, -0.15) is 0 Å².